The number of anilines is 1. The van der Waals surface area contributed by atoms with Gasteiger partial charge in [0.15, 0.2) is 22.5 Å². The summed E-state index contributed by atoms with van der Waals surface area (Å²) in [5.74, 6) is 2.68. The molecular formula is C17H19N7S. The van der Waals surface area contributed by atoms with Gasteiger partial charge in [0.2, 0.25) is 0 Å². The second kappa shape index (κ2) is 5.87. The Morgan fingerprint density at radius 2 is 2.12 bits per heavy atom. The van der Waals surface area contributed by atoms with E-state index in [0.717, 1.165) is 28.8 Å². The van der Waals surface area contributed by atoms with E-state index in [1.165, 1.54) is 25.7 Å². The quantitative estimate of drug-likeness (QED) is 0.718. The van der Waals surface area contributed by atoms with E-state index in [-0.39, 0.29) is 6.04 Å². The molecule has 0 spiro atoms. The molecule has 1 atom stereocenters. The number of nitrogens with zero attached hydrogens (tertiary/aromatic N) is 7. The van der Waals surface area contributed by atoms with Crippen LogP contribution in [0.2, 0.25) is 0 Å². The molecule has 1 aliphatic heterocycles. The first-order chi connectivity index (χ1) is 12.4. The van der Waals surface area contributed by atoms with Gasteiger partial charge in [-0.1, -0.05) is 19.8 Å². The van der Waals surface area contributed by atoms with Crippen LogP contribution in [0.1, 0.15) is 50.9 Å². The van der Waals surface area contributed by atoms with Gasteiger partial charge in [-0.2, -0.15) is 0 Å². The van der Waals surface area contributed by atoms with Gasteiger partial charge in [0.1, 0.15) is 12.0 Å². The van der Waals surface area contributed by atoms with Crippen molar-refractivity contribution in [3.05, 3.63) is 29.9 Å². The van der Waals surface area contributed by atoms with Crippen molar-refractivity contribution in [2.75, 3.05) is 4.90 Å². The van der Waals surface area contributed by atoms with Crippen LogP contribution >= 0.6 is 11.3 Å². The van der Waals surface area contributed by atoms with Gasteiger partial charge in [-0.15, -0.1) is 21.5 Å². The molecule has 1 saturated carbocycles. The molecule has 8 heteroatoms. The van der Waals surface area contributed by atoms with Crippen LogP contribution in [-0.4, -0.2) is 35.8 Å². The third kappa shape index (κ3) is 2.27. The van der Waals surface area contributed by atoms with Gasteiger partial charge in [-0.25, -0.2) is 15.0 Å². The van der Waals surface area contributed by atoms with E-state index in [1.54, 1.807) is 23.9 Å². The fourth-order valence-electron chi connectivity index (χ4n) is 4.08. The van der Waals surface area contributed by atoms with E-state index in [2.05, 4.69) is 32.0 Å². The molecule has 0 saturated heterocycles. The number of thiazole rings is 1. The van der Waals surface area contributed by atoms with Gasteiger partial charge in [0, 0.05) is 17.6 Å². The summed E-state index contributed by atoms with van der Waals surface area (Å²) >= 11 is 1.57. The zero-order valence-corrected chi connectivity index (χ0v) is 14.9. The summed E-state index contributed by atoms with van der Waals surface area (Å²) in [5.41, 5.74) is 0.969. The maximum Gasteiger partial charge on any atom is 0.190 e. The Labute approximate surface area is 149 Å². The SMILES string of the molecule is CC[C@@H]1c2nncn2-c2cnc(-c3nccs3)nc2N1C1CCCC1. The van der Waals surface area contributed by atoms with Gasteiger partial charge >= 0.3 is 0 Å². The van der Waals surface area contributed by atoms with E-state index in [4.69, 9.17) is 4.98 Å². The van der Waals surface area contributed by atoms with Crippen molar-refractivity contribution in [1.29, 1.82) is 0 Å². The zero-order valence-electron chi connectivity index (χ0n) is 14.0. The molecule has 0 radical (unpaired) electrons. The Bertz CT molecular complexity index is 882. The summed E-state index contributed by atoms with van der Waals surface area (Å²) in [6, 6.07) is 0.713. The van der Waals surface area contributed by atoms with Crippen LogP contribution in [-0.2, 0) is 0 Å². The minimum absolute atomic E-state index is 0.206. The van der Waals surface area contributed by atoms with E-state index in [0.29, 0.717) is 11.9 Å². The standard InChI is InChI=1S/C17H19N7S/c1-2-12-16-22-20-10-23(16)13-9-19-14(17-18-7-8-25-17)21-15(13)24(12)11-5-3-4-6-11/h7-12H,2-6H2,1H3/t12-/m1/s1. The van der Waals surface area contributed by atoms with Crippen molar-refractivity contribution in [1.82, 2.24) is 29.7 Å². The Morgan fingerprint density at radius 1 is 1.24 bits per heavy atom. The monoisotopic (exact) mass is 353 g/mol. The lowest BCUT2D eigenvalue weighted by molar-refractivity contribution is 0.469. The summed E-state index contributed by atoms with van der Waals surface area (Å²) in [7, 11) is 0. The first-order valence-electron chi connectivity index (χ1n) is 8.82. The first-order valence-corrected chi connectivity index (χ1v) is 9.70. The minimum atomic E-state index is 0.206. The van der Waals surface area contributed by atoms with Crippen LogP contribution in [0.5, 0.6) is 0 Å². The highest BCUT2D eigenvalue weighted by Crippen LogP contribution is 2.42. The van der Waals surface area contributed by atoms with Crippen LogP contribution in [0, 0.1) is 0 Å². The minimum Gasteiger partial charge on any atom is -0.341 e. The number of aromatic nitrogens is 6. The summed E-state index contributed by atoms with van der Waals surface area (Å²) in [5, 5.41) is 11.4. The molecule has 0 aromatic carbocycles. The van der Waals surface area contributed by atoms with Crippen LogP contribution < -0.4 is 4.90 Å². The molecule has 0 amide bonds. The summed E-state index contributed by atoms with van der Waals surface area (Å²) in [6.07, 6.45) is 11.4. The summed E-state index contributed by atoms with van der Waals surface area (Å²) in [6.45, 7) is 2.21. The molecule has 25 heavy (non-hydrogen) atoms. The number of hydrogen-bond donors (Lipinski definition) is 0. The second-order valence-electron chi connectivity index (χ2n) is 6.57. The molecule has 4 heterocycles. The fraction of sp³-hybridized carbons (Fsp3) is 0.471. The highest BCUT2D eigenvalue weighted by Gasteiger charge is 2.38. The van der Waals surface area contributed by atoms with Gasteiger partial charge in [-0.05, 0) is 19.3 Å². The molecule has 1 fully saturated rings. The maximum absolute atomic E-state index is 4.94. The average molecular weight is 353 g/mol. The molecule has 2 aliphatic rings. The summed E-state index contributed by atoms with van der Waals surface area (Å²) in [4.78, 5) is 16.4. The summed E-state index contributed by atoms with van der Waals surface area (Å²) < 4.78 is 2.04. The predicted molar refractivity (Wildman–Crippen MR) is 95.8 cm³/mol. The zero-order chi connectivity index (χ0) is 16.8. The van der Waals surface area contributed by atoms with Crippen molar-refractivity contribution >= 4 is 17.2 Å². The normalized spacial score (nSPS) is 19.9. The smallest absolute Gasteiger partial charge is 0.190 e. The molecule has 7 nitrogen and oxygen atoms in total. The lowest BCUT2D eigenvalue weighted by Crippen LogP contribution is -2.42. The Hall–Kier alpha value is -2.35. The topological polar surface area (TPSA) is 72.6 Å². The van der Waals surface area contributed by atoms with Crippen molar-refractivity contribution < 1.29 is 0 Å². The second-order valence-corrected chi connectivity index (χ2v) is 7.46. The molecule has 3 aromatic rings. The molecule has 0 unspecified atom stereocenters. The number of fused-ring (bicyclic) bond motifs is 3. The molecule has 0 bridgehead atoms. The van der Waals surface area contributed by atoms with Crippen LogP contribution in [0.4, 0.5) is 5.82 Å². The van der Waals surface area contributed by atoms with Crippen LogP contribution in [0.3, 0.4) is 0 Å². The van der Waals surface area contributed by atoms with E-state index in [1.807, 2.05) is 16.1 Å². The predicted octanol–water partition coefficient (Wildman–Crippen LogP) is 3.39. The lowest BCUT2D eigenvalue weighted by Gasteiger charge is -2.40. The Balaban J connectivity index is 1.70. The molecule has 3 aromatic heterocycles. The molecule has 5 rings (SSSR count). The van der Waals surface area contributed by atoms with Crippen molar-refractivity contribution in [2.45, 2.75) is 51.1 Å². The molecule has 128 valence electrons. The van der Waals surface area contributed by atoms with Gasteiger partial charge in [0.05, 0.1) is 12.2 Å². The Morgan fingerprint density at radius 3 is 2.88 bits per heavy atom. The molecular weight excluding hydrogens is 334 g/mol. The number of rotatable bonds is 3. The third-order valence-electron chi connectivity index (χ3n) is 5.19. The maximum atomic E-state index is 4.94. The number of hydrogen-bond acceptors (Lipinski definition) is 7. The largest absolute Gasteiger partial charge is 0.341 e. The van der Waals surface area contributed by atoms with Crippen molar-refractivity contribution in [3.63, 3.8) is 0 Å². The fourth-order valence-corrected chi connectivity index (χ4v) is 4.66. The van der Waals surface area contributed by atoms with Crippen LogP contribution in [0.25, 0.3) is 16.5 Å². The van der Waals surface area contributed by atoms with Crippen molar-refractivity contribution in [3.8, 4) is 16.5 Å². The first kappa shape index (κ1) is 14.9. The lowest BCUT2D eigenvalue weighted by atomic mass is 10.0. The van der Waals surface area contributed by atoms with Gasteiger partial charge < -0.3 is 4.90 Å². The average Bonchev–Trinajstić information content (AvgIpc) is 3.42. The highest BCUT2D eigenvalue weighted by atomic mass is 32.1. The van der Waals surface area contributed by atoms with E-state index < -0.39 is 0 Å². The highest BCUT2D eigenvalue weighted by molar-refractivity contribution is 7.13. The van der Waals surface area contributed by atoms with E-state index in [9.17, 15) is 0 Å². The molecule has 1 aliphatic carbocycles. The van der Waals surface area contributed by atoms with Gasteiger partial charge in [0.25, 0.3) is 0 Å². The van der Waals surface area contributed by atoms with Crippen LogP contribution in [0.15, 0.2) is 24.1 Å². The van der Waals surface area contributed by atoms with Gasteiger partial charge in [-0.3, -0.25) is 4.57 Å². The molecule has 0 N–H and O–H groups in total. The van der Waals surface area contributed by atoms with Crippen molar-refractivity contribution in [2.24, 2.45) is 0 Å². The Kier molecular flexibility index (Phi) is 3.51. The third-order valence-corrected chi connectivity index (χ3v) is 5.96. The van der Waals surface area contributed by atoms with E-state index >= 15 is 0 Å².